The Kier molecular flexibility index (Phi) is 28.5. The molecule has 6 nitrogen and oxygen atoms in total. The summed E-state index contributed by atoms with van der Waals surface area (Å²) in [5.74, 6) is -0.625. The van der Waals surface area contributed by atoms with Crippen LogP contribution in [0.3, 0.4) is 0 Å². The lowest BCUT2D eigenvalue weighted by Crippen LogP contribution is -2.39. The minimum Gasteiger partial charge on any atom is -0.370 e. The number of unbranched alkanes of at least 4 members (excludes halogenated alkanes) is 15. The van der Waals surface area contributed by atoms with Gasteiger partial charge >= 0.3 is 0 Å². The molecule has 0 aromatic heterocycles. The fourth-order valence-electron chi connectivity index (χ4n) is 3.83. The van der Waals surface area contributed by atoms with Crippen molar-refractivity contribution in [2.45, 2.75) is 136 Å². The van der Waals surface area contributed by atoms with Crippen LogP contribution in [0.2, 0.25) is 0 Å². The molecule has 0 aromatic carbocycles. The molecule has 7 N–H and O–H groups in total. The first-order chi connectivity index (χ1) is 15.5. The molecule has 0 radical (unpaired) electrons. The largest absolute Gasteiger partial charge is 0.370 e. The highest BCUT2D eigenvalue weighted by atomic mass is 15.1. The maximum absolute atomic E-state index is 6.47. The summed E-state index contributed by atoms with van der Waals surface area (Å²) in [6.45, 7) is 11.0. The fourth-order valence-corrected chi connectivity index (χ4v) is 3.83. The zero-order valence-corrected chi connectivity index (χ0v) is 22.0. The minimum absolute atomic E-state index is 0.312. The van der Waals surface area contributed by atoms with Crippen molar-refractivity contribution in [3.8, 4) is 0 Å². The lowest BCUT2D eigenvalue weighted by molar-refractivity contribution is 0.254. The molecular formula is C26H58N6. The van der Waals surface area contributed by atoms with E-state index in [0.29, 0.717) is 0 Å². The first-order valence-electron chi connectivity index (χ1n) is 13.6. The van der Waals surface area contributed by atoms with Crippen molar-refractivity contribution in [3.05, 3.63) is 0 Å². The number of hydrogen-bond acceptors (Lipinski definition) is 3. The van der Waals surface area contributed by atoms with E-state index in [9.17, 15) is 0 Å². The lowest BCUT2D eigenvalue weighted by atomic mass is 10.1. The van der Waals surface area contributed by atoms with Gasteiger partial charge in [-0.25, -0.2) is 0 Å². The maximum Gasteiger partial charge on any atom is 0.192 e. The molecule has 0 saturated heterocycles. The van der Waals surface area contributed by atoms with E-state index in [-0.39, 0.29) is 11.9 Å². The van der Waals surface area contributed by atoms with Gasteiger partial charge < -0.3 is 16.4 Å². The van der Waals surface area contributed by atoms with Gasteiger partial charge in [-0.2, -0.15) is 0 Å². The number of guanidine groups is 2. The Balaban J connectivity index is 0. The quantitative estimate of drug-likeness (QED) is 0.0750. The smallest absolute Gasteiger partial charge is 0.192 e. The molecule has 0 unspecified atom stereocenters. The average molecular weight is 455 g/mol. The molecule has 0 rings (SSSR count). The van der Waals surface area contributed by atoms with Crippen LogP contribution < -0.4 is 16.8 Å². The summed E-state index contributed by atoms with van der Waals surface area (Å²) in [5.41, 5.74) is 9.49. The van der Waals surface area contributed by atoms with Crippen LogP contribution in [0.15, 0.2) is 0 Å². The summed E-state index contributed by atoms with van der Waals surface area (Å²) in [6, 6.07) is 0. The zero-order valence-electron chi connectivity index (χ0n) is 22.0. The van der Waals surface area contributed by atoms with Crippen LogP contribution in [0.25, 0.3) is 0 Å². The van der Waals surface area contributed by atoms with Crippen LogP contribution in [0.1, 0.15) is 136 Å². The Hall–Kier alpha value is -1.30. The average Bonchev–Trinajstić information content (AvgIpc) is 2.74. The van der Waals surface area contributed by atoms with E-state index in [1.807, 2.05) is 5.32 Å². The third kappa shape index (κ3) is 30.9. The van der Waals surface area contributed by atoms with Gasteiger partial charge in [0.2, 0.25) is 0 Å². The van der Waals surface area contributed by atoms with Gasteiger partial charge in [0.05, 0.1) is 0 Å². The van der Waals surface area contributed by atoms with Crippen LogP contribution in [-0.2, 0) is 0 Å². The van der Waals surface area contributed by atoms with Crippen LogP contribution in [0, 0.1) is 10.8 Å². The molecule has 0 aromatic rings. The van der Waals surface area contributed by atoms with Gasteiger partial charge in [0.1, 0.15) is 0 Å². The number of hydrogen-bond donors (Lipinski definition) is 5. The molecule has 0 fully saturated rings. The molecule has 32 heavy (non-hydrogen) atoms. The van der Waals surface area contributed by atoms with Crippen molar-refractivity contribution in [1.29, 1.82) is 10.8 Å². The molecule has 0 spiro atoms. The molecule has 0 saturated carbocycles. The Labute approximate surface area is 200 Å². The summed E-state index contributed by atoms with van der Waals surface area (Å²) in [6.07, 6.45) is 25.7. The monoisotopic (exact) mass is 454 g/mol. The van der Waals surface area contributed by atoms with Gasteiger partial charge in [0.15, 0.2) is 11.9 Å². The normalized spacial score (nSPS) is 10.6. The minimum atomic E-state index is -0.312. The number of rotatable bonds is 21. The third-order valence-corrected chi connectivity index (χ3v) is 5.75. The molecule has 0 bridgehead atoms. The Bertz CT molecular complexity index is 350. The molecule has 0 amide bonds. The van der Waals surface area contributed by atoms with Gasteiger partial charge in [-0.3, -0.25) is 16.1 Å². The van der Waals surface area contributed by atoms with Crippen molar-refractivity contribution in [2.24, 2.45) is 11.5 Å². The lowest BCUT2D eigenvalue weighted by Gasteiger charge is -2.22. The Morgan fingerprint density at radius 3 is 0.969 bits per heavy atom. The fraction of sp³-hybridized carbons (Fsp3) is 0.923. The first-order valence-corrected chi connectivity index (χ1v) is 13.6. The molecule has 192 valence electrons. The second kappa shape index (κ2) is 27.7. The predicted octanol–water partition coefficient (Wildman–Crippen LogP) is 6.73. The predicted molar refractivity (Wildman–Crippen MR) is 144 cm³/mol. The van der Waals surface area contributed by atoms with Gasteiger partial charge in [0.25, 0.3) is 0 Å². The summed E-state index contributed by atoms with van der Waals surface area (Å²) in [5, 5.41) is 15.0. The van der Waals surface area contributed by atoms with Crippen molar-refractivity contribution in [2.75, 3.05) is 19.6 Å². The van der Waals surface area contributed by atoms with Crippen molar-refractivity contribution in [1.82, 2.24) is 10.2 Å². The summed E-state index contributed by atoms with van der Waals surface area (Å²) in [7, 11) is 0. The van der Waals surface area contributed by atoms with Crippen LogP contribution >= 0.6 is 0 Å². The Morgan fingerprint density at radius 2 is 0.750 bits per heavy atom. The van der Waals surface area contributed by atoms with E-state index in [0.717, 1.165) is 0 Å². The van der Waals surface area contributed by atoms with Crippen LogP contribution in [0.5, 0.6) is 0 Å². The maximum atomic E-state index is 6.47. The molecule has 0 aliphatic rings. The molecular weight excluding hydrogens is 396 g/mol. The van der Waals surface area contributed by atoms with E-state index in [1.54, 1.807) is 0 Å². The van der Waals surface area contributed by atoms with E-state index in [2.05, 4.69) is 25.7 Å². The highest BCUT2D eigenvalue weighted by Crippen LogP contribution is 2.11. The van der Waals surface area contributed by atoms with Gasteiger partial charge in [-0.05, 0) is 38.9 Å². The van der Waals surface area contributed by atoms with Crippen LogP contribution in [0.4, 0.5) is 0 Å². The molecule has 0 aliphatic carbocycles. The summed E-state index contributed by atoms with van der Waals surface area (Å²) in [4.78, 5) is 2.79. The Morgan fingerprint density at radius 1 is 0.500 bits per heavy atom. The molecule has 0 atom stereocenters. The topological polar surface area (TPSA) is 115 Å². The summed E-state index contributed by atoms with van der Waals surface area (Å²) < 4.78 is 0. The van der Waals surface area contributed by atoms with E-state index < -0.39 is 0 Å². The first kappa shape index (κ1) is 32.9. The van der Waals surface area contributed by atoms with Gasteiger partial charge in [-0.1, -0.05) is 117 Å². The second-order valence-electron chi connectivity index (χ2n) is 9.10. The standard InChI is InChI=1S/C24H51N.C2H7N5/c1-4-7-10-13-16-19-22-25(23-20-17-14-11-8-5-2)24-21-18-15-12-9-6-3;3-1(4)7-2(5)6/h4-24H2,1-3H3;(H7,3,4,5,6,7). The number of nitrogens with one attached hydrogen (secondary N) is 3. The van der Waals surface area contributed by atoms with Gasteiger partial charge in [-0.15, -0.1) is 0 Å². The molecule has 0 aliphatic heterocycles. The van der Waals surface area contributed by atoms with E-state index >= 15 is 0 Å². The second-order valence-corrected chi connectivity index (χ2v) is 9.10. The highest BCUT2D eigenvalue weighted by Gasteiger charge is 2.05. The molecule has 0 heterocycles. The SMILES string of the molecule is CCCCCCCCN(CCCCCCCC)CCCCCCCC.N=C(N)NC(=N)N. The van der Waals surface area contributed by atoms with Crippen LogP contribution in [-0.4, -0.2) is 36.5 Å². The van der Waals surface area contributed by atoms with Crippen molar-refractivity contribution < 1.29 is 0 Å². The van der Waals surface area contributed by atoms with Crippen molar-refractivity contribution in [3.63, 3.8) is 0 Å². The van der Waals surface area contributed by atoms with E-state index in [4.69, 9.17) is 22.3 Å². The number of nitrogens with zero attached hydrogens (tertiary/aromatic N) is 1. The van der Waals surface area contributed by atoms with Gasteiger partial charge in [0, 0.05) is 0 Å². The zero-order chi connectivity index (χ0) is 24.3. The highest BCUT2D eigenvalue weighted by molar-refractivity contribution is 5.93. The third-order valence-electron chi connectivity index (χ3n) is 5.75. The van der Waals surface area contributed by atoms with Crippen molar-refractivity contribution >= 4 is 11.9 Å². The molecule has 6 heteroatoms. The summed E-state index contributed by atoms with van der Waals surface area (Å²) >= 11 is 0. The van der Waals surface area contributed by atoms with E-state index in [1.165, 1.54) is 135 Å². The number of nitrogens with two attached hydrogens (primary N) is 2.